The highest BCUT2D eigenvalue weighted by Crippen LogP contribution is 2.22. The Labute approximate surface area is 135 Å². The van der Waals surface area contributed by atoms with Gasteiger partial charge in [0.25, 0.3) is 0 Å². The van der Waals surface area contributed by atoms with E-state index < -0.39 is 0 Å². The Morgan fingerprint density at radius 1 is 1.33 bits per heavy atom. The molecule has 0 unspecified atom stereocenters. The van der Waals surface area contributed by atoms with Gasteiger partial charge >= 0.3 is 0 Å². The van der Waals surface area contributed by atoms with E-state index in [-0.39, 0.29) is 5.91 Å². The van der Waals surface area contributed by atoms with Crippen molar-refractivity contribution in [1.29, 1.82) is 0 Å². The second kappa shape index (κ2) is 8.42. The Kier molecular flexibility index (Phi) is 6.55. The van der Waals surface area contributed by atoms with Crippen LogP contribution in [-0.4, -0.2) is 30.5 Å². The molecular weight excluding hydrogens is 330 g/mol. The van der Waals surface area contributed by atoms with Crippen LogP contribution >= 0.6 is 15.9 Å². The number of amides is 1. The van der Waals surface area contributed by atoms with Gasteiger partial charge in [-0.2, -0.15) is 0 Å². The van der Waals surface area contributed by atoms with E-state index in [0.29, 0.717) is 19.1 Å². The van der Waals surface area contributed by atoms with Gasteiger partial charge in [0, 0.05) is 24.0 Å². The maximum absolute atomic E-state index is 12.2. The molecule has 0 spiro atoms. The maximum atomic E-state index is 12.2. The summed E-state index contributed by atoms with van der Waals surface area (Å²) in [5.74, 6) is 1.09. The molecule has 0 bridgehead atoms. The zero-order chi connectivity index (χ0) is 15.1. The highest BCUT2D eigenvalue weighted by Gasteiger charge is 2.21. The minimum atomic E-state index is 0.250. The van der Waals surface area contributed by atoms with Gasteiger partial charge in [0.2, 0.25) is 5.91 Å². The van der Waals surface area contributed by atoms with E-state index in [1.165, 1.54) is 19.3 Å². The Morgan fingerprint density at radius 2 is 2.10 bits per heavy atom. The molecule has 0 heterocycles. The number of carbonyl (C=O) groups excluding carboxylic acids is 1. The normalized spacial score (nSPS) is 15.7. The zero-order valence-electron chi connectivity index (χ0n) is 12.7. The van der Waals surface area contributed by atoms with E-state index in [2.05, 4.69) is 15.9 Å². The average molecular weight is 354 g/mol. The van der Waals surface area contributed by atoms with E-state index >= 15 is 0 Å². The summed E-state index contributed by atoms with van der Waals surface area (Å²) in [4.78, 5) is 14.1. The molecule has 0 aromatic heterocycles. The highest BCUT2D eigenvalue weighted by atomic mass is 79.9. The first-order chi connectivity index (χ1) is 10.2. The molecule has 0 aliphatic heterocycles. The molecule has 116 valence electrons. The SMILES string of the molecule is CN(C(=O)CCCOc1cccc(Br)c1)C1CCCCC1. The van der Waals surface area contributed by atoms with Crippen LogP contribution < -0.4 is 4.74 Å². The number of hydrogen-bond donors (Lipinski definition) is 0. The van der Waals surface area contributed by atoms with Crippen LogP contribution in [0.4, 0.5) is 0 Å². The third kappa shape index (κ3) is 5.34. The van der Waals surface area contributed by atoms with Crippen LogP contribution in [0.5, 0.6) is 5.75 Å². The molecule has 1 amide bonds. The summed E-state index contributed by atoms with van der Waals surface area (Å²) in [6.45, 7) is 0.584. The molecule has 1 aliphatic carbocycles. The summed E-state index contributed by atoms with van der Waals surface area (Å²) >= 11 is 3.42. The number of nitrogens with zero attached hydrogens (tertiary/aromatic N) is 1. The minimum absolute atomic E-state index is 0.250. The fourth-order valence-electron chi connectivity index (χ4n) is 2.82. The Bertz CT molecular complexity index is 458. The first kappa shape index (κ1) is 16.3. The average Bonchev–Trinajstić information content (AvgIpc) is 2.51. The summed E-state index contributed by atoms with van der Waals surface area (Å²) in [5.41, 5.74) is 0. The third-order valence-corrected chi connectivity index (χ3v) is 4.61. The number of halogens is 1. The Hall–Kier alpha value is -1.03. The number of carbonyl (C=O) groups is 1. The third-order valence-electron chi connectivity index (χ3n) is 4.12. The lowest BCUT2D eigenvalue weighted by Gasteiger charge is -2.31. The van der Waals surface area contributed by atoms with Crippen LogP contribution in [0.25, 0.3) is 0 Å². The lowest BCUT2D eigenvalue weighted by atomic mass is 9.94. The van der Waals surface area contributed by atoms with Crippen LogP contribution in [0, 0.1) is 0 Å². The molecule has 1 aromatic rings. The van der Waals surface area contributed by atoms with Crippen LogP contribution in [0.1, 0.15) is 44.9 Å². The van der Waals surface area contributed by atoms with Crippen LogP contribution in [0.15, 0.2) is 28.7 Å². The van der Waals surface area contributed by atoms with Crippen molar-refractivity contribution < 1.29 is 9.53 Å². The highest BCUT2D eigenvalue weighted by molar-refractivity contribution is 9.10. The second-order valence-electron chi connectivity index (χ2n) is 5.71. The molecule has 1 aromatic carbocycles. The molecule has 1 saturated carbocycles. The summed E-state index contributed by atoms with van der Waals surface area (Å²) in [6, 6.07) is 8.24. The van der Waals surface area contributed by atoms with Crippen molar-refractivity contribution in [3.05, 3.63) is 28.7 Å². The summed E-state index contributed by atoms with van der Waals surface area (Å²) in [5, 5.41) is 0. The van der Waals surface area contributed by atoms with Gasteiger partial charge in [-0.05, 0) is 37.5 Å². The standard InChI is InChI=1S/C17H24BrNO2/c1-19(15-8-3-2-4-9-15)17(20)11-6-12-21-16-10-5-7-14(18)13-16/h5,7,10,13,15H,2-4,6,8-9,11-12H2,1H3. The molecule has 21 heavy (non-hydrogen) atoms. The van der Waals surface area contributed by atoms with Gasteiger partial charge in [0.05, 0.1) is 6.61 Å². The lowest BCUT2D eigenvalue weighted by Crippen LogP contribution is -2.38. The monoisotopic (exact) mass is 353 g/mol. The van der Waals surface area contributed by atoms with Crippen molar-refractivity contribution in [2.45, 2.75) is 51.0 Å². The minimum Gasteiger partial charge on any atom is -0.494 e. The number of rotatable bonds is 6. The molecule has 0 atom stereocenters. The molecule has 2 rings (SSSR count). The molecular formula is C17H24BrNO2. The largest absolute Gasteiger partial charge is 0.494 e. The quantitative estimate of drug-likeness (QED) is 0.709. The van der Waals surface area contributed by atoms with E-state index in [0.717, 1.165) is 29.5 Å². The summed E-state index contributed by atoms with van der Waals surface area (Å²) in [6.07, 6.45) is 7.50. The molecule has 1 aliphatic rings. The lowest BCUT2D eigenvalue weighted by molar-refractivity contribution is -0.132. The fraction of sp³-hybridized carbons (Fsp3) is 0.588. The first-order valence-electron chi connectivity index (χ1n) is 7.81. The predicted molar refractivity (Wildman–Crippen MR) is 88.5 cm³/mol. The smallest absolute Gasteiger partial charge is 0.222 e. The van der Waals surface area contributed by atoms with Gasteiger partial charge < -0.3 is 9.64 Å². The number of ether oxygens (including phenoxy) is 1. The van der Waals surface area contributed by atoms with Crippen molar-refractivity contribution in [1.82, 2.24) is 4.90 Å². The molecule has 0 N–H and O–H groups in total. The molecule has 3 nitrogen and oxygen atoms in total. The van der Waals surface area contributed by atoms with Crippen molar-refractivity contribution in [2.24, 2.45) is 0 Å². The van der Waals surface area contributed by atoms with Crippen molar-refractivity contribution in [2.75, 3.05) is 13.7 Å². The van der Waals surface area contributed by atoms with Gasteiger partial charge in [-0.15, -0.1) is 0 Å². The van der Waals surface area contributed by atoms with Crippen LogP contribution in [0.2, 0.25) is 0 Å². The molecule has 0 radical (unpaired) electrons. The van der Waals surface area contributed by atoms with E-state index in [1.54, 1.807) is 0 Å². The Balaban J connectivity index is 1.66. The zero-order valence-corrected chi connectivity index (χ0v) is 14.3. The Morgan fingerprint density at radius 3 is 2.81 bits per heavy atom. The van der Waals surface area contributed by atoms with E-state index in [4.69, 9.17) is 4.74 Å². The number of hydrogen-bond acceptors (Lipinski definition) is 2. The molecule has 1 fully saturated rings. The molecule has 4 heteroatoms. The van der Waals surface area contributed by atoms with Crippen LogP contribution in [0.3, 0.4) is 0 Å². The van der Waals surface area contributed by atoms with Crippen molar-refractivity contribution >= 4 is 21.8 Å². The predicted octanol–water partition coefficient (Wildman–Crippen LogP) is 4.40. The van der Waals surface area contributed by atoms with Crippen molar-refractivity contribution in [3.8, 4) is 5.75 Å². The van der Waals surface area contributed by atoms with Gasteiger partial charge in [-0.25, -0.2) is 0 Å². The van der Waals surface area contributed by atoms with Gasteiger partial charge in [-0.3, -0.25) is 4.79 Å². The summed E-state index contributed by atoms with van der Waals surface area (Å²) < 4.78 is 6.67. The van der Waals surface area contributed by atoms with Gasteiger partial charge in [0.1, 0.15) is 5.75 Å². The van der Waals surface area contributed by atoms with E-state index in [1.807, 2.05) is 36.2 Å². The van der Waals surface area contributed by atoms with Gasteiger partial charge in [0.15, 0.2) is 0 Å². The van der Waals surface area contributed by atoms with E-state index in [9.17, 15) is 4.79 Å². The summed E-state index contributed by atoms with van der Waals surface area (Å²) in [7, 11) is 1.95. The van der Waals surface area contributed by atoms with Crippen molar-refractivity contribution in [3.63, 3.8) is 0 Å². The topological polar surface area (TPSA) is 29.5 Å². The number of benzene rings is 1. The van der Waals surface area contributed by atoms with Gasteiger partial charge in [-0.1, -0.05) is 41.3 Å². The van der Waals surface area contributed by atoms with Crippen LogP contribution in [-0.2, 0) is 4.79 Å². The molecule has 0 saturated heterocycles. The fourth-order valence-corrected chi connectivity index (χ4v) is 3.20. The second-order valence-corrected chi connectivity index (χ2v) is 6.62. The maximum Gasteiger partial charge on any atom is 0.222 e. The first-order valence-corrected chi connectivity index (χ1v) is 8.60.